The summed E-state index contributed by atoms with van der Waals surface area (Å²) in [7, 11) is 0. The van der Waals surface area contributed by atoms with Crippen molar-refractivity contribution in [1.29, 1.82) is 0 Å². The second kappa shape index (κ2) is 7.85. The van der Waals surface area contributed by atoms with Gasteiger partial charge in [0.2, 0.25) is 0 Å². The first-order chi connectivity index (χ1) is 8.92. The van der Waals surface area contributed by atoms with E-state index in [1.165, 1.54) is 27.7 Å². The van der Waals surface area contributed by atoms with Crippen LogP contribution in [-0.2, 0) is 0 Å². The van der Waals surface area contributed by atoms with Crippen LogP contribution in [0.4, 0.5) is 0 Å². The van der Waals surface area contributed by atoms with E-state index in [9.17, 15) is 0 Å². The molecule has 0 aliphatic heterocycles. The van der Waals surface area contributed by atoms with Gasteiger partial charge in [0.15, 0.2) is 0 Å². The van der Waals surface area contributed by atoms with Crippen molar-refractivity contribution in [3.63, 3.8) is 0 Å². The third kappa shape index (κ3) is 4.02. The molecule has 0 heterocycles. The zero-order valence-corrected chi connectivity index (χ0v) is 13.2. The molecule has 18 heavy (non-hydrogen) atoms. The maximum Gasteiger partial charge on any atom is 0.0546 e. The lowest BCUT2D eigenvalue weighted by atomic mass is 10.0. The number of rotatable bonds is 6. The largest absolute Gasteiger partial charge is 0.149 e. The van der Waals surface area contributed by atoms with Crippen LogP contribution in [0, 0.1) is 0 Å². The Morgan fingerprint density at radius 3 is 1.78 bits per heavy atom. The highest BCUT2D eigenvalue weighted by Crippen LogP contribution is 2.35. The third-order valence-corrected chi connectivity index (χ3v) is 4.93. The van der Waals surface area contributed by atoms with E-state index in [0.29, 0.717) is 5.25 Å². The van der Waals surface area contributed by atoms with Gasteiger partial charge in [-0.3, -0.25) is 0 Å². The number of halogens is 1. The van der Waals surface area contributed by atoms with E-state index in [0.717, 1.165) is 0 Å². The van der Waals surface area contributed by atoms with Gasteiger partial charge in [-0.25, -0.2) is 0 Å². The molecule has 0 amide bonds. The zero-order valence-electron chi connectivity index (χ0n) is 10.3. The highest BCUT2D eigenvalue weighted by molar-refractivity contribution is 14.1. The average molecular weight is 368 g/mol. The van der Waals surface area contributed by atoms with Gasteiger partial charge in [-0.05, 0) is 23.3 Å². The van der Waals surface area contributed by atoms with Crippen molar-refractivity contribution >= 4 is 34.4 Å². The van der Waals surface area contributed by atoms with Crippen LogP contribution >= 0.6 is 34.4 Å². The van der Waals surface area contributed by atoms with Crippen LogP contribution in [0.1, 0.15) is 22.8 Å². The zero-order chi connectivity index (χ0) is 12.6. The average Bonchev–Trinajstić information content (AvgIpc) is 2.46. The van der Waals surface area contributed by atoms with Gasteiger partial charge in [-0.1, -0.05) is 83.3 Å². The first-order valence-electron chi connectivity index (χ1n) is 6.19. The fourth-order valence-electron chi connectivity index (χ4n) is 1.90. The Morgan fingerprint density at radius 2 is 1.33 bits per heavy atom. The minimum Gasteiger partial charge on any atom is -0.149 e. The molecule has 2 aromatic rings. The Kier molecular flexibility index (Phi) is 6.08. The molecule has 0 aromatic heterocycles. The van der Waals surface area contributed by atoms with Gasteiger partial charge < -0.3 is 0 Å². The second-order valence-corrected chi connectivity index (χ2v) is 6.41. The molecule has 0 spiro atoms. The molecule has 94 valence electrons. The summed E-state index contributed by atoms with van der Waals surface area (Å²) in [6.07, 6.45) is 1.28. The Balaban J connectivity index is 2.18. The minimum absolute atomic E-state index is 0.468. The molecule has 0 radical (unpaired) electrons. The molecular formula is C16H17IS. The van der Waals surface area contributed by atoms with E-state index in [1.54, 1.807) is 0 Å². The second-order valence-electron chi connectivity index (χ2n) is 4.11. The molecule has 2 aromatic carbocycles. The van der Waals surface area contributed by atoms with Crippen molar-refractivity contribution in [2.24, 2.45) is 0 Å². The number of benzene rings is 2. The summed E-state index contributed by atoms with van der Waals surface area (Å²) in [5, 5.41) is 0.468. The van der Waals surface area contributed by atoms with Crippen LogP contribution < -0.4 is 0 Å². The molecule has 0 bridgehead atoms. The lowest BCUT2D eigenvalue weighted by Crippen LogP contribution is -1.98. The molecule has 0 saturated carbocycles. The molecule has 2 heteroatoms. The molecule has 0 aliphatic rings. The molecule has 0 fully saturated rings. The molecule has 2 rings (SSSR count). The van der Waals surface area contributed by atoms with Crippen molar-refractivity contribution in [3.05, 3.63) is 71.8 Å². The highest BCUT2D eigenvalue weighted by atomic mass is 127. The van der Waals surface area contributed by atoms with Crippen LogP contribution in [0.2, 0.25) is 0 Å². The monoisotopic (exact) mass is 368 g/mol. The molecule has 0 aliphatic carbocycles. The van der Waals surface area contributed by atoms with Gasteiger partial charge in [0.1, 0.15) is 0 Å². The predicted octanol–water partition coefficient (Wildman–Crippen LogP) is 5.33. The van der Waals surface area contributed by atoms with Crippen molar-refractivity contribution in [3.8, 4) is 0 Å². The van der Waals surface area contributed by atoms with E-state index in [2.05, 4.69) is 83.3 Å². The molecule has 0 unspecified atom stereocenters. The lowest BCUT2D eigenvalue weighted by molar-refractivity contribution is 1.11. The van der Waals surface area contributed by atoms with E-state index in [-0.39, 0.29) is 0 Å². The SMILES string of the molecule is ICCCSC(c1ccccc1)c1ccccc1. The number of hydrogen-bond donors (Lipinski definition) is 0. The van der Waals surface area contributed by atoms with Crippen molar-refractivity contribution in [2.75, 3.05) is 10.2 Å². The molecule has 0 saturated heterocycles. The number of thioether (sulfide) groups is 1. The molecule has 0 N–H and O–H groups in total. The van der Waals surface area contributed by atoms with Crippen LogP contribution in [0.5, 0.6) is 0 Å². The summed E-state index contributed by atoms with van der Waals surface area (Å²) < 4.78 is 1.24. The van der Waals surface area contributed by atoms with Crippen LogP contribution in [0.3, 0.4) is 0 Å². The summed E-state index contributed by atoms with van der Waals surface area (Å²) in [6.45, 7) is 0. The van der Waals surface area contributed by atoms with Gasteiger partial charge in [-0.15, -0.1) is 11.8 Å². The van der Waals surface area contributed by atoms with Gasteiger partial charge in [-0.2, -0.15) is 0 Å². The quantitative estimate of drug-likeness (QED) is 0.377. The Hall–Kier alpha value is -0.480. The summed E-state index contributed by atoms with van der Waals surface area (Å²) >= 11 is 4.50. The minimum atomic E-state index is 0.468. The van der Waals surface area contributed by atoms with Crippen molar-refractivity contribution in [1.82, 2.24) is 0 Å². The van der Waals surface area contributed by atoms with Gasteiger partial charge in [0.25, 0.3) is 0 Å². The molecule has 0 atom stereocenters. The fraction of sp³-hybridized carbons (Fsp3) is 0.250. The van der Waals surface area contributed by atoms with Crippen molar-refractivity contribution < 1.29 is 0 Å². The van der Waals surface area contributed by atoms with Crippen LogP contribution in [0.15, 0.2) is 60.7 Å². The first-order valence-corrected chi connectivity index (χ1v) is 8.76. The third-order valence-electron chi connectivity index (χ3n) is 2.77. The number of hydrogen-bond acceptors (Lipinski definition) is 1. The van der Waals surface area contributed by atoms with Gasteiger partial charge in [0, 0.05) is 4.43 Å². The van der Waals surface area contributed by atoms with Crippen LogP contribution in [0.25, 0.3) is 0 Å². The molecule has 0 nitrogen and oxygen atoms in total. The van der Waals surface area contributed by atoms with Crippen LogP contribution in [-0.4, -0.2) is 10.2 Å². The first kappa shape index (κ1) is 13.9. The lowest BCUT2D eigenvalue weighted by Gasteiger charge is -2.17. The highest BCUT2D eigenvalue weighted by Gasteiger charge is 2.13. The van der Waals surface area contributed by atoms with Gasteiger partial charge >= 0.3 is 0 Å². The Labute approximate surface area is 127 Å². The van der Waals surface area contributed by atoms with E-state index >= 15 is 0 Å². The molecular weight excluding hydrogens is 351 g/mol. The summed E-state index contributed by atoms with van der Waals surface area (Å²) in [4.78, 5) is 0. The van der Waals surface area contributed by atoms with E-state index < -0.39 is 0 Å². The van der Waals surface area contributed by atoms with E-state index in [1.807, 2.05) is 11.8 Å². The fourth-order valence-corrected chi connectivity index (χ4v) is 4.04. The summed E-state index contributed by atoms with van der Waals surface area (Å²) in [5.41, 5.74) is 2.81. The maximum absolute atomic E-state index is 2.45. The Morgan fingerprint density at radius 1 is 0.833 bits per heavy atom. The normalized spacial score (nSPS) is 10.8. The summed E-state index contributed by atoms with van der Waals surface area (Å²) in [5.74, 6) is 1.22. The van der Waals surface area contributed by atoms with Gasteiger partial charge in [0.05, 0.1) is 5.25 Å². The predicted molar refractivity (Wildman–Crippen MR) is 90.7 cm³/mol. The Bertz CT molecular complexity index is 402. The topological polar surface area (TPSA) is 0 Å². The van der Waals surface area contributed by atoms with Crippen molar-refractivity contribution in [2.45, 2.75) is 11.7 Å². The smallest absolute Gasteiger partial charge is 0.0546 e. The summed E-state index contributed by atoms with van der Waals surface area (Å²) in [6, 6.07) is 21.6. The maximum atomic E-state index is 2.45. The standard InChI is InChI=1S/C16H17IS/c17-12-7-13-18-16(14-8-3-1-4-9-14)15-10-5-2-6-11-15/h1-6,8-11,16H,7,12-13H2. The van der Waals surface area contributed by atoms with E-state index in [4.69, 9.17) is 0 Å². The number of alkyl halides is 1.